The fourth-order valence-electron chi connectivity index (χ4n) is 6.12. The van der Waals surface area contributed by atoms with Crippen LogP contribution in [0.3, 0.4) is 0 Å². The summed E-state index contributed by atoms with van der Waals surface area (Å²) in [5, 5.41) is 9.43. The molecule has 0 amide bonds. The van der Waals surface area contributed by atoms with Crippen LogP contribution in [0.5, 0.6) is 5.75 Å². The van der Waals surface area contributed by atoms with E-state index in [9.17, 15) is 0 Å². The minimum atomic E-state index is 0.217. The molecular formula is C32H35N7O. The molecule has 40 heavy (non-hydrogen) atoms. The third-order valence-electron chi connectivity index (χ3n) is 8.69. The molecular weight excluding hydrogens is 498 g/mol. The number of rotatable bonds is 7. The second-order valence-electron chi connectivity index (χ2n) is 11.8. The molecule has 1 saturated heterocycles. The third-order valence-corrected chi connectivity index (χ3v) is 8.69. The van der Waals surface area contributed by atoms with Gasteiger partial charge in [0.1, 0.15) is 17.2 Å². The number of para-hydroxylation sites is 1. The van der Waals surface area contributed by atoms with Gasteiger partial charge in [0.15, 0.2) is 5.82 Å². The first-order valence-electron chi connectivity index (χ1n) is 14.2. The molecule has 7 rings (SSSR count). The van der Waals surface area contributed by atoms with Crippen LogP contribution in [0.15, 0.2) is 55.0 Å². The molecule has 1 aliphatic carbocycles. The van der Waals surface area contributed by atoms with E-state index >= 15 is 0 Å². The summed E-state index contributed by atoms with van der Waals surface area (Å²) in [6.07, 6.45) is 9.25. The molecule has 204 valence electrons. The largest absolute Gasteiger partial charge is 0.496 e. The van der Waals surface area contributed by atoms with Crippen molar-refractivity contribution in [3.05, 3.63) is 60.6 Å². The van der Waals surface area contributed by atoms with Crippen LogP contribution in [0.25, 0.3) is 44.6 Å². The lowest BCUT2D eigenvalue weighted by molar-refractivity contribution is 0.166. The minimum absolute atomic E-state index is 0.217. The Morgan fingerprint density at radius 2 is 1.93 bits per heavy atom. The zero-order chi connectivity index (χ0) is 27.3. The Kier molecular flexibility index (Phi) is 6.15. The van der Waals surface area contributed by atoms with Gasteiger partial charge in [-0.1, -0.05) is 26.0 Å². The Morgan fingerprint density at radius 3 is 2.75 bits per heavy atom. The summed E-state index contributed by atoms with van der Waals surface area (Å²) in [5.41, 5.74) is 6.01. The maximum absolute atomic E-state index is 5.62. The molecule has 1 aromatic carbocycles. The molecule has 1 unspecified atom stereocenters. The second-order valence-corrected chi connectivity index (χ2v) is 11.8. The SMILES string of the molecule is COc1ccccc1-c1cc2c(-c3nc(NCC4CCNCC4(C)C)c4c(C5CC5)cncc4n3)ccnc2[nH]1. The van der Waals surface area contributed by atoms with Crippen molar-refractivity contribution in [2.75, 3.05) is 32.1 Å². The van der Waals surface area contributed by atoms with Gasteiger partial charge < -0.3 is 20.4 Å². The summed E-state index contributed by atoms with van der Waals surface area (Å²) in [7, 11) is 1.69. The number of benzene rings is 1. The molecule has 1 atom stereocenters. The van der Waals surface area contributed by atoms with Crippen LogP contribution in [0, 0.1) is 11.3 Å². The number of anilines is 1. The summed E-state index contributed by atoms with van der Waals surface area (Å²) < 4.78 is 5.62. The van der Waals surface area contributed by atoms with E-state index < -0.39 is 0 Å². The number of nitrogens with zero attached hydrogens (tertiary/aromatic N) is 4. The van der Waals surface area contributed by atoms with Gasteiger partial charge in [-0.15, -0.1) is 0 Å². The second kappa shape index (κ2) is 9.86. The van der Waals surface area contributed by atoms with Crippen LogP contribution in [-0.4, -0.2) is 51.7 Å². The first-order chi connectivity index (χ1) is 19.5. The van der Waals surface area contributed by atoms with Crippen molar-refractivity contribution in [2.45, 2.75) is 39.0 Å². The predicted molar refractivity (Wildman–Crippen MR) is 160 cm³/mol. The van der Waals surface area contributed by atoms with Crippen molar-refractivity contribution >= 4 is 27.8 Å². The zero-order valence-corrected chi connectivity index (χ0v) is 23.3. The van der Waals surface area contributed by atoms with Gasteiger partial charge in [0, 0.05) is 47.4 Å². The minimum Gasteiger partial charge on any atom is -0.496 e. The molecule has 5 aromatic rings. The highest BCUT2D eigenvalue weighted by molar-refractivity contribution is 5.98. The Morgan fingerprint density at radius 1 is 1.05 bits per heavy atom. The number of nitrogens with one attached hydrogen (secondary N) is 3. The van der Waals surface area contributed by atoms with Gasteiger partial charge >= 0.3 is 0 Å². The molecule has 0 spiro atoms. The number of fused-ring (bicyclic) bond motifs is 2. The van der Waals surface area contributed by atoms with Gasteiger partial charge in [-0.05, 0) is 72.9 Å². The molecule has 1 saturated carbocycles. The van der Waals surface area contributed by atoms with Crippen molar-refractivity contribution in [3.63, 3.8) is 0 Å². The van der Waals surface area contributed by atoms with E-state index in [0.29, 0.717) is 17.7 Å². The number of hydrogen-bond donors (Lipinski definition) is 3. The molecule has 5 heterocycles. The number of ether oxygens (including phenoxy) is 1. The zero-order valence-electron chi connectivity index (χ0n) is 23.3. The van der Waals surface area contributed by atoms with Crippen LogP contribution in [0.4, 0.5) is 5.82 Å². The molecule has 1 aliphatic heterocycles. The molecule has 4 aromatic heterocycles. The molecule has 2 aliphatic rings. The molecule has 2 fully saturated rings. The standard InChI is InChI=1S/C32H35N7O/c1-32(2)18-33-12-10-20(32)15-36-31-28-24(19-8-9-19)16-34-17-26(28)38-30(39-31)21-11-13-35-29-23(21)14-25(37-29)22-6-4-5-7-27(22)40-3/h4-7,11,13-14,16-17,19-20,33H,8-10,12,15,18H2,1-3H3,(H,35,37)(H,36,38,39). The van der Waals surface area contributed by atoms with Crippen LogP contribution in [-0.2, 0) is 0 Å². The summed E-state index contributed by atoms with van der Waals surface area (Å²) in [6.45, 7) is 7.67. The van der Waals surface area contributed by atoms with Gasteiger partial charge in [0.25, 0.3) is 0 Å². The Balaban J connectivity index is 1.34. The van der Waals surface area contributed by atoms with E-state index in [-0.39, 0.29) is 5.41 Å². The van der Waals surface area contributed by atoms with Crippen LogP contribution >= 0.6 is 0 Å². The summed E-state index contributed by atoms with van der Waals surface area (Å²) in [6, 6.07) is 12.1. The van der Waals surface area contributed by atoms with Gasteiger partial charge in [-0.3, -0.25) is 4.98 Å². The highest BCUT2D eigenvalue weighted by atomic mass is 16.5. The topological polar surface area (TPSA) is 101 Å². The average molecular weight is 534 g/mol. The van der Waals surface area contributed by atoms with Crippen LogP contribution in [0.2, 0.25) is 0 Å². The van der Waals surface area contributed by atoms with Crippen LogP contribution in [0.1, 0.15) is 44.6 Å². The van der Waals surface area contributed by atoms with E-state index in [2.05, 4.69) is 45.5 Å². The van der Waals surface area contributed by atoms with Crippen molar-refractivity contribution in [1.82, 2.24) is 30.2 Å². The summed E-state index contributed by atoms with van der Waals surface area (Å²) in [5.74, 6) is 3.48. The number of piperidine rings is 1. The summed E-state index contributed by atoms with van der Waals surface area (Å²) in [4.78, 5) is 23.0. The van der Waals surface area contributed by atoms with E-state index in [1.807, 2.05) is 48.9 Å². The quantitative estimate of drug-likeness (QED) is 0.230. The van der Waals surface area contributed by atoms with E-state index in [1.165, 1.54) is 18.4 Å². The molecule has 0 bridgehead atoms. The van der Waals surface area contributed by atoms with E-state index in [0.717, 1.165) is 76.4 Å². The van der Waals surface area contributed by atoms with E-state index in [1.54, 1.807) is 7.11 Å². The Labute approximate surface area is 234 Å². The fourth-order valence-corrected chi connectivity index (χ4v) is 6.12. The highest BCUT2D eigenvalue weighted by Crippen LogP contribution is 2.45. The Bertz CT molecular complexity index is 1700. The lowest BCUT2D eigenvalue weighted by Crippen LogP contribution is -2.45. The predicted octanol–water partition coefficient (Wildman–Crippen LogP) is 6.17. The van der Waals surface area contributed by atoms with Gasteiger partial charge in [0.2, 0.25) is 0 Å². The van der Waals surface area contributed by atoms with Gasteiger partial charge in [-0.2, -0.15) is 0 Å². The van der Waals surface area contributed by atoms with Crippen LogP contribution < -0.4 is 15.4 Å². The number of H-pyrrole nitrogens is 1. The average Bonchev–Trinajstić information content (AvgIpc) is 3.73. The third kappa shape index (κ3) is 4.46. The number of hydrogen-bond acceptors (Lipinski definition) is 7. The lowest BCUT2D eigenvalue weighted by atomic mass is 9.74. The number of methoxy groups -OCH3 is 1. The molecule has 8 heteroatoms. The highest BCUT2D eigenvalue weighted by Gasteiger charge is 2.33. The van der Waals surface area contributed by atoms with Crippen molar-refractivity contribution in [2.24, 2.45) is 11.3 Å². The molecule has 0 radical (unpaired) electrons. The number of pyridine rings is 2. The molecule has 3 N–H and O–H groups in total. The first-order valence-corrected chi connectivity index (χ1v) is 14.2. The van der Waals surface area contributed by atoms with Crippen molar-refractivity contribution in [3.8, 4) is 28.4 Å². The van der Waals surface area contributed by atoms with E-state index in [4.69, 9.17) is 14.7 Å². The van der Waals surface area contributed by atoms with Gasteiger partial charge in [-0.25, -0.2) is 15.0 Å². The summed E-state index contributed by atoms with van der Waals surface area (Å²) >= 11 is 0. The number of aromatic amines is 1. The Hall–Kier alpha value is -4.04. The van der Waals surface area contributed by atoms with Gasteiger partial charge in [0.05, 0.1) is 24.5 Å². The lowest BCUT2D eigenvalue weighted by Gasteiger charge is -2.39. The monoisotopic (exact) mass is 533 g/mol. The maximum Gasteiger partial charge on any atom is 0.163 e. The van der Waals surface area contributed by atoms with Crippen molar-refractivity contribution in [1.29, 1.82) is 0 Å². The maximum atomic E-state index is 5.62. The normalized spacial score (nSPS) is 18.7. The molecule has 8 nitrogen and oxygen atoms in total. The van der Waals surface area contributed by atoms with Crippen molar-refractivity contribution < 1.29 is 4.74 Å². The smallest absolute Gasteiger partial charge is 0.163 e. The first kappa shape index (κ1) is 25.0. The number of aromatic nitrogens is 5. The fraction of sp³-hybridized carbons (Fsp3) is 0.375.